The van der Waals surface area contributed by atoms with E-state index >= 15 is 0 Å². The number of nitrogens with one attached hydrogen (secondary N) is 2. The van der Waals surface area contributed by atoms with Crippen molar-refractivity contribution >= 4 is 17.8 Å². The number of rotatable bonds is 4. The fourth-order valence-electron chi connectivity index (χ4n) is 4.62. The lowest BCUT2D eigenvalue weighted by atomic mass is 9.85. The molecule has 0 aromatic carbocycles. The van der Waals surface area contributed by atoms with E-state index in [2.05, 4.69) is 20.7 Å². The van der Waals surface area contributed by atoms with Crippen molar-refractivity contribution in [3.8, 4) is 11.1 Å². The van der Waals surface area contributed by atoms with Crippen molar-refractivity contribution in [1.82, 2.24) is 20.1 Å². The van der Waals surface area contributed by atoms with Crippen LogP contribution in [0.1, 0.15) is 65.0 Å². The number of hydrogen-bond acceptors (Lipinski definition) is 5. The summed E-state index contributed by atoms with van der Waals surface area (Å²) < 4.78 is 21.9. The summed E-state index contributed by atoms with van der Waals surface area (Å²) in [6.45, 7) is 6.28. The molecule has 9 heteroatoms. The fraction of sp³-hybridized carbons (Fsp3) is 0.583. The molecule has 8 nitrogen and oxygen atoms in total. The summed E-state index contributed by atoms with van der Waals surface area (Å²) >= 11 is 0. The predicted octanol–water partition coefficient (Wildman–Crippen LogP) is 4.44. The van der Waals surface area contributed by atoms with Gasteiger partial charge in [-0.1, -0.05) is 6.42 Å². The van der Waals surface area contributed by atoms with E-state index in [9.17, 15) is 14.0 Å². The number of carbonyl (C=O) groups excluding carboxylic acids is 2. The van der Waals surface area contributed by atoms with Crippen LogP contribution in [0.2, 0.25) is 0 Å². The van der Waals surface area contributed by atoms with Gasteiger partial charge in [0.25, 0.3) is 0 Å². The monoisotopic (exact) mass is 457 g/mol. The Morgan fingerprint density at radius 1 is 1.15 bits per heavy atom. The van der Waals surface area contributed by atoms with Crippen molar-refractivity contribution in [2.24, 2.45) is 5.92 Å². The molecule has 0 bridgehead atoms. The number of amides is 2. The third-order valence-electron chi connectivity index (χ3n) is 6.14. The SMILES string of the molecule is CC(C)(C)OC(=O)N[C@@H]1CCC[C@H](C(=O)Nc2cc(-c3cnn4c3CCCC4)c(F)cn2)C1. The van der Waals surface area contributed by atoms with Crippen LogP contribution in [-0.2, 0) is 22.5 Å². The number of anilines is 1. The highest BCUT2D eigenvalue weighted by molar-refractivity contribution is 5.92. The average molecular weight is 458 g/mol. The molecule has 0 spiro atoms. The topological polar surface area (TPSA) is 98.1 Å². The Bertz CT molecular complexity index is 1030. The van der Waals surface area contributed by atoms with Gasteiger partial charge >= 0.3 is 6.09 Å². The van der Waals surface area contributed by atoms with Crippen LogP contribution in [0.3, 0.4) is 0 Å². The molecule has 1 aliphatic carbocycles. The van der Waals surface area contributed by atoms with Gasteiger partial charge in [0.2, 0.25) is 5.91 Å². The van der Waals surface area contributed by atoms with Crippen LogP contribution in [0.4, 0.5) is 15.0 Å². The number of aromatic nitrogens is 3. The number of hydrogen-bond donors (Lipinski definition) is 2. The van der Waals surface area contributed by atoms with Crippen molar-refractivity contribution in [2.45, 2.75) is 83.9 Å². The lowest BCUT2D eigenvalue weighted by Gasteiger charge is -2.30. The molecule has 1 fully saturated rings. The molecule has 4 rings (SSSR count). The van der Waals surface area contributed by atoms with E-state index in [1.54, 1.807) is 12.3 Å². The number of pyridine rings is 1. The first-order valence-corrected chi connectivity index (χ1v) is 11.7. The van der Waals surface area contributed by atoms with Crippen molar-refractivity contribution in [3.63, 3.8) is 0 Å². The second kappa shape index (κ2) is 9.49. The Morgan fingerprint density at radius 3 is 2.76 bits per heavy atom. The van der Waals surface area contributed by atoms with Gasteiger partial charge in [-0.15, -0.1) is 0 Å². The molecule has 1 saturated carbocycles. The zero-order chi connectivity index (χ0) is 23.6. The molecule has 2 aromatic rings. The van der Waals surface area contributed by atoms with Gasteiger partial charge in [0, 0.05) is 35.3 Å². The first-order chi connectivity index (χ1) is 15.7. The second-order valence-electron chi connectivity index (χ2n) is 9.93. The fourth-order valence-corrected chi connectivity index (χ4v) is 4.62. The van der Waals surface area contributed by atoms with E-state index < -0.39 is 17.5 Å². The summed E-state index contributed by atoms with van der Waals surface area (Å²) in [4.78, 5) is 29.1. The summed E-state index contributed by atoms with van der Waals surface area (Å²) in [7, 11) is 0. The number of ether oxygens (including phenoxy) is 1. The second-order valence-corrected chi connectivity index (χ2v) is 9.93. The highest BCUT2D eigenvalue weighted by Gasteiger charge is 2.30. The van der Waals surface area contributed by atoms with Gasteiger partial charge in [0.15, 0.2) is 0 Å². The molecule has 2 aliphatic rings. The minimum Gasteiger partial charge on any atom is -0.444 e. The highest BCUT2D eigenvalue weighted by Crippen LogP contribution is 2.31. The Kier molecular flexibility index (Phi) is 6.67. The zero-order valence-corrected chi connectivity index (χ0v) is 19.5. The van der Waals surface area contributed by atoms with Gasteiger partial charge in [-0.3, -0.25) is 9.48 Å². The van der Waals surface area contributed by atoms with Crippen LogP contribution in [0.5, 0.6) is 0 Å². The number of carbonyl (C=O) groups is 2. The van der Waals surface area contributed by atoms with E-state index in [4.69, 9.17) is 4.74 Å². The normalized spacial score (nSPS) is 20.6. The smallest absolute Gasteiger partial charge is 0.407 e. The van der Waals surface area contributed by atoms with Crippen LogP contribution in [0, 0.1) is 11.7 Å². The quantitative estimate of drug-likeness (QED) is 0.707. The van der Waals surface area contributed by atoms with Crippen LogP contribution < -0.4 is 10.6 Å². The Morgan fingerprint density at radius 2 is 1.97 bits per heavy atom. The first-order valence-electron chi connectivity index (χ1n) is 11.7. The summed E-state index contributed by atoms with van der Waals surface area (Å²) in [6, 6.07) is 1.46. The maximum absolute atomic E-state index is 14.6. The van der Waals surface area contributed by atoms with Crippen molar-refractivity contribution in [2.75, 3.05) is 5.32 Å². The molecule has 0 unspecified atom stereocenters. The highest BCUT2D eigenvalue weighted by atomic mass is 19.1. The van der Waals surface area contributed by atoms with Crippen LogP contribution in [-0.4, -0.2) is 38.4 Å². The van der Waals surface area contributed by atoms with Gasteiger partial charge in [-0.05, 0) is 65.4 Å². The van der Waals surface area contributed by atoms with Crippen molar-refractivity contribution in [3.05, 3.63) is 30.0 Å². The molecule has 0 radical (unpaired) electrons. The minimum absolute atomic E-state index is 0.125. The van der Waals surface area contributed by atoms with Gasteiger partial charge in [-0.25, -0.2) is 14.2 Å². The Hall–Kier alpha value is -2.97. The van der Waals surface area contributed by atoms with Gasteiger partial charge in [-0.2, -0.15) is 5.10 Å². The van der Waals surface area contributed by atoms with E-state index in [0.29, 0.717) is 17.8 Å². The number of halogens is 1. The molecule has 0 saturated heterocycles. The number of alkyl carbamates (subject to hydrolysis) is 1. The maximum atomic E-state index is 14.6. The van der Waals surface area contributed by atoms with E-state index in [0.717, 1.165) is 62.5 Å². The predicted molar refractivity (Wildman–Crippen MR) is 122 cm³/mol. The number of aryl methyl sites for hydroxylation is 1. The molecular weight excluding hydrogens is 425 g/mol. The minimum atomic E-state index is -0.573. The molecule has 33 heavy (non-hydrogen) atoms. The Balaban J connectivity index is 1.42. The third-order valence-corrected chi connectivity index (χ3v) is 6.14. The van der Waals surface area contributed by atoms with Crippen LogP contribution in [0.25, 0.3) is 11.1 Å². The van der Waals surface area contributed by atoms with Crippen LogP contribution in [0.15, 0.2) is 18.5 Å². The molecule has 2 atom stereocenters. The Labute approximate surface area is 193 Å². The number of nitrogens with zero attached hydrogens (tertiary/aromatic N) is 3. The average Bonchev–Trinajstić information content (AvgIpc) is 3.18. The zero-order valence-electron chi connectivity index (χ0n) is 19.5. The maximum Gasteiger partial charge on any atom is 0.407 e. The number of fused-ring (bicyclic) bond motifs is 1. The van der Waals surface area contributed by atoms with E-state index in [-0.39, 0.29) is 17.9 Å². The molecule has 1 aliphatic heterocycles. The molecule has 2 amide bonds. The molecule has 2 aromatic heterocycles. The van der Waals surface area contributed by atoms with Gasteiger partial charge in [0.1, 0.15) is 17.2 Å². The van der Waals surface area contributed by atoms with Crippen molar-refractivity contribution < 1.29 is 18.7 Å². The molecule has 178 valence electrons. The lowest BCUT2D eigenvalue weighted by Crippen LogP contribution is -2.43. The summed E-state index contributed by atoms with van der Waals surface area (Å²) in [5, 5.41) is 10.1. The first kappa shape index (κ1) is 23.2. The summed E-state index contributed by atoms with van der Waals surface area (Å²) in [5.41, 5.74) is 1.60. The molecule has 2 N–H and O–H groups in total. The van der Waals surface area contributed by atoms with Gasteiger partial charge in [0.05, 0.1) is 12.4 Å². The molecular formula is C24H32FN5O3. The standard InChI is InChI=1S/C24H32FN5O3/c1-24(2,3)33-23(32)28-16-8-6-7-15(11-16)22(31)29-21-12-17(19(25)14-26-21)18-13-27-30-10-5-4-9-20(18)30/h12-16H,4-11H2,1-3H3,(H,28,32)(H,26,29,31)/t15-,16+/m0/s1. The largest absolute Gasteiger partial charge is 0.444 e. The third kappa shape index (κ3) is 5.69. The van der Waals surface area contributed by atoms with Gasteiger partial charge < -0.3 is 15.4 Å². The summed E-state index contributed by atoms with van der Waals surface area (Å²) in [5.74, 6) is -0.561. The van der Waals surface area contributed by atoms with Crippen LogP contribution >= 0.6 is 0 Å². The van der Waals surface area contributed by atoms with E-state index in [1.807, 2.05) is 25.5 Å². The molecule has 3 heterocycles. The summed E-state index contributed by atoms with van der Waals surface area (Å²) in [6.07, 6.45) is 8.21. The lowest BCUT2D eigenvalue weighted by molar-refractivity contribution is -0.121. The van der Waals surface area contributed by atoms with E-state index in [1.165, 1.54) is 0 Å². The van der Waals surface area contributed by atoms with Crippen molar-refractivity contribution in [1.29, 1.82) is 0 Å².